The lowest BCUT2D eigenvalue weighted by molar-refractivity contribution is -0.870. The third-order valence-electron chi connectivity index (χ3n) is 10.8. The minimum absolute atomic E-state index is 0.0169. The summed E-state index contributed by atoms with van der Waals surface area (Å²) in [5.41, 5.74) is 0. The molecule has 0 heterocycles. The number of carbonyl (C=O) groups is 1. The van der Waals surface area contributed by atoms with Crippen LogP contribution in [0.25, 0.3) is 0 Å². The summed E-state index contributed by atoms with van der Waals surface area (Å²) in [4.78, 5) is 23.2. The van der Waals surface area contributed by atoms with Gasteiger partial charge in [-0.1, -0.05) is 167 Å². The summed E-state index contributed by atoms with van der Waals surface area (Å²) >= 11 is 0. The van der Waals surface area contributed by atoms with Crippen molar-refractivity contribution in [2.75, 3.05) is 40.9 Å². The Hall–Kier alpha value is -1.06. The zero-order chi connectivity index (χ0) is 42.3. The molecule has 0 spiro atoms. The molecule has 10 heteroatoms. The van der Waals surface area contributed by atoms with Gasteiger partial charge in [0.05, 0.1) is 39.9 Å². The Morgan fingerprint density at radius 3 is 1.40 bits per heavy atom. The molecule has 0 aliphatic heterocycles. The number of hydrogen-bond donors (Lipinski definition) is 4. The van der Waals surface area contributed by atoms with Gasteiger partial charge < -0.3 is 24.9 Å². The maximum atomic E-state index is 12.9. The van der Waals surface area contributed by atoms with Crippen LogP contribution in [0, 0.1) is 0 Å². The van der Waals surface area contributed by atoms with Gasteiger partial charge in [0.25, 0.3) is 0 Å². The van der Waals surface area contributed by atoms with Crippen molar-refractivity contribution in [3.05, 3.63) is 24.3 Å². The molecule has 0 aliphatic carbocycles. The lowest BCUT2D eigenvalue weighted by Crippen LogP contribution is -2.51. The topological polar surface area (TPSA) is 125 Å². The van der Waals surface area contributed by atoms with E-state index >= 15 is 0 Å². The van der Waals surface area contributed by atoms with Gasteiger partial charge in [-0.05, 0) is 64.2 Å². The van der Waals surface area contributed by atoms with Crippen LogP contribution in [0.3, 0.4) is 0 Å². The number of likely N-dealkylation sites (N-methyl/N-ethyl adjacent to an activating group) is 1. The van der Waals surface area contributed by atoms with Gasteiger partial charge in [0.1, 0.15) is 19.3 Å². The van der Waals surface area contributed by atoms with Crippen molar-refractivity contribution in [1.82, 2.24) is 5.32 Å². The van der Waals surface area contributed by atoms with Crippen LogP contribution < -0.4 is 5.32 Å². The van der Waals surface area contributed by atoms with Crippen LogP contribution in [-0.4, -0.2) is 84.6 Å². The van der Waals surface area contributed by atoms with Crippen LogP contribution in [0.15, 0.2) is 24.3 Å². The fourth-order valence-electron chi connectivity index (χ4n) is 6.90. The van der Waals surface area contributed by atoms with Crippen LogP contribution in [-0.2, 0) is 18.4 Å². The van der Waals surface area contributed by atoms with Gasteiger partial charge in [-0.15, -0.1) is 0 Å². The number of phosphoric ester groups is 1. The monoisotopic (exact) mass is 830 g/mol. The van der Waals surface area contributed by atoms with Gasteiger partial charge in [-0.25, -0.2) is 4.57 Å². The van der Waals surface area contributed by atoms with Crippen molar-refractivity contribution in [2.45, 2.75) is 231 Å². The van der Waals surface area contributed by atoms with Gasteiger partial charge in [0.15, 0.2) is 0 Å². The summed E-state index contributed by atoms with van der Waals surface area (Å²) in [7, 11) is 1.42. The van der Waals surface area contributed by atoms with Crippen molar-refractivity contribution < 1.29 is 38.0 Å². The maximum Gasteiger partial charge on any atom is 0.472 e. The molecular weight excluding hydrogens is 735 g/mol. The van der Waals surface area contributed by atoms with E-state index in [1.54, 1.807) is 0 Å². The van der Waals surface area contributed by atoms with Crippen LogP contribution in [0.1, 0.15) is 213 Å². The first-order valence-corrected chi connectivity index (χ1v) is 25.3. The maximum absolute atomic E-state index is 12.9. The van der Waals surface area contributed by atoms with Crippen molar-refractivity contribution in [2.24, 2.45) is 0 Å². The molecule has 0 saturated carbocycles. The fraction of sp³-hybridized carbons (Fsp3) is 0.894. The van der Waals surface area contributed by atoms with Crippen molar-refractivity contribution in [1.29, 1.82) is 0 Å². The summed E-state index contributed by atoms with van der Waals surface area (Å²) in [6.07, 6.45) is 42.4. The van der Waals surface area contributed by atoms with E-state index < -0.39 is 32.7 Å². The molecular formula is C47H94N2O7P+. The number of unbranched alkanes of at least 4 members (excludes halogenated alkanes) is 25. The second-order valence-electron chi connectivity index (χ2n) is 17.6. The summed E-state index contributed by atoms with van der Waals surface area (Å²) < 4.78 is 23.5. The molecule has 1 amide bonds. The van der Waals surface area contributed by atoms with E-state index in [0.29, 0.717) is 23.9 Å². The minimum Gasteiger partial charge on any atom is -0.390 e. The van der Waals surface area contributed by atoms with Gasteiger partial charge in [-0.3, -0.25) is 13.8 Å². The Labute approximate surface area is 352 Å². The smallest absolute Gasteiger partial charge is 0.390 e. The Balaban J connectivity index is 4.41. The number of nitrogens with zero attached hydrogens (tertiary/aromatic N) is 1. The molecule has 338 valence electrons. The average molecular weight is 830 g/mol. The molecule has 0 radical (unpaired) electrons. The molecule has 0 rings (SSSR count). The van der Waals surface area contributed by atoms with Crippen LogP contribution in [0.4, 0.5) is 0 Å². The number of quaternary nitrogens is 1. The summed E-state index contributed by atoms with van der Waals surface area (Å²) in [5, 5.41) is 24.7. The van der Waals surface area contributed by atoms with Gasteiger partial charge in [0.2, 0.25) is 5.91 Å². The molecule has 0 aromatic heterocycles. The zero-order valence-corrected chi connectivity index (χ0v) is 38.8. The summed E-state index contributed by atoms with van der Waals surface area (Å²) in [5.74, 6) is -0.270. The highest BCUT2D eigenvalue weighted by Gasteiger charge is 2.31. The third-order valence-corrected chi connectivity index (χ3v) is 11.7. The molecule has 0 aromatic carbocycles. The number of aliphatic hydroxyl groups is 2. The van der Waals surface area contributed by atoms with E-state index in [9.17, 15) is 24.5 Å². The highest BCUT2D eigenvalue weighted by molar-refractivity contribution is 7.47. The highest BCUT2D eigenvalue weighted by Crippen LogP contribution is 2.43. The van der Waals surface area contributed by atoms with Crippen LogP contribution in [0.5, 0.6) is 0 Å². The fourth-order valence-corrected chi connectivity index (χ4v) is 7.64. The number of carbonyl (C=O) groups excluding carboxylic acids is 1. The molecule has 9 nitrogen and oxygen atoms in total. The van der Waals surface area contributed by atoms with E-state index in [2.05, 4.69) is 43.5 Å². The standard InChI is InChI=1S/C47H93N2O7P/c1-6-8-10-12-14-16-18-20-21-22-23-24-25-26-27-28-30-32-34-36-38-40-46(51)48-44(43-56-57(53,54)55-42-41-49(3,4)5)47(52)45(50)39-37-35-33-31-29-19-17-15-13-11-9-7-2/h22-23,31,33,44-45,47,50,52H,6-21,24-30,32,34-43H2,1-5H3,(H-,48,51,53,54)/p+1/b23-22-,33-31+. The SMILES string of the molecule is CCCCCCCCC/C=C/CCCC(O)C(O)C(COP(=O)(O)OCC[N+](C)(C)C)NC(=O)CCCCCCCCCCC/C=C\CCCCCCCCCC. The molecule has 0 bridgehead atoms. The number of hydrogen-bond acceptors (Lipinski definition) is 6. The second-order valence-corrected chi connectivity index (χ2v) is 19.1. The first-order valence-electron chi connectivity index (χ1n) is 23.8. The molecule has 0 aromatic rings. The van der Waals surface area contributed by atoms with E-state index in [4.69, 9.17) is 9.05 Å². The number of nitrogens with one attached hydrogen (secondary N) is 1. The van der Waals surface area contributed by atoms with Crippen LogP contribution >= 0.6 is 7.82 Å². The molecule has 4 unspecified atom stereocenters. The predicted molar refractivity (Wildman–Crippen MR) is 241 cm³/mol. The summed E-state index contributed by atoms with van der Waals surface area (Å²) in [6.45, 7) is 4.58. The van der Waals surface area contributed by atoms with Gasteiger partial charge in [-0.2, -0.15) is 0 Å². The first-order chi connectivity index (χ1) is 27.4. The largest absolute Gasteiger partial charge is 0.472 e. The number of rotatable bonds is 43. The average Bonchev–Trinajstić information content (AvgIpc) is 3.16. The number of amides is 1. The zero-order valence-electron chi connectivity index (χ0n) is 38.0. The van der Waals surface area contributed by atoms with E-state index in [1.165, 1.54) is 141 Å². The Kier molecular flexibility index (Phi) is 38.4. The lowest BCUT2D eigenvalue weighted by Gasteiger charge is -2.28. The van der Waals surface area contributed by atoms with Crippen molar-refractivity contribution in [3.8, 4) is 0 Å². The highest BCUT2D eigenvalue weighted by atomic mass is 31.2. The third kappa shape index (κ3) is 40.1. The molecule has 4 atom stereocenters. The normalized spacial score (nSPS) is 15.0. The van der Waals surface area contributed by atoms with Crippen LogP contribution in [0.2, 0.25) is 0 Å². The molecule has 4 N–H and O–H groups in total. The quantitative estimate of drug-likeness (QED) is 0.0209. The Morgan fingerprint density at radius 1 is 0.596 bits per heavy atom. The minimum atomic E-state index is -4.42. The number of allylic oxidation sites excluding steroid dienone is 4. The van der Waals surface area contributed by atoms with Gasteiger partial charge >= 0.3 is 7.82 Å². The lowest BCUT2D eigenvalue weighted by atomic mass is 10.0. The second kappa shape index (κ2) is 39.1. The van der Waals surface area contributed by atoms with Crippen molar-refractivity contribution >= 4 is 13.7 Å². The number of aliphatic hydroxyl groups excluding tert-OH is 2. The molecule has 57 heavy (non-hydrogen) atoms. The van der Waals surface area contributed by atoms with E-state index in [0.717, 1.165) is 38.5 Å². The van der Waals surface area contributed by atoms with E-state index in [-0.39, 0.29) is 18.9 Å². The molecule has 0 aliphatic rings. The molecule has 0 saturated heterocycles. The van der Waals surface area contributed by atoms with E-state index in [1.807, 2.05) is 21.1 Å². The van der Waals surface area contributed by atoms with Gasteiger partial charge in [0, 0.05) is 6.42 Å². The molecule has 0 fully saturated rings. The number of phosphoric acid groups is 1. The Morgan fingerprint density at radius 2 is 0.982 bits per heavy atom. The first kappa shape index (κ1) is 55.9. The Bertz CT molecular complexity index is 1000. The predicted octanol–water partition coefficient (Wildman–Crippen LogP) is 12.3. The summed E-state index contributed by atoms with van der Waals surface area (Å²) in [6, 6.07) is -1.05. The van der Waals surface area contributed by atoms with Crippen molar-refractivity contribution in [3.63, 3.8) is 0 Å².